The van der Waals surface area contributed by atoms with E-state index in [1.807, 2.05) is 24.3 Å². The molecule has 0 spiro atoms. The molecule has 0 aliphatic heterocycles. The number of nitro benzene ring substituents is 1. The van der Waals surface area contributed by atoms with Gasteiger partial charge in [-0.15, -0.1) is 0 Å². The number of carbonyl (C=O) groups is 1. The molecule has 2 N–H and O–H groups in total. The van der Waals surface area contributed by atoms with Crippen LogP contribution >= 0.6 is 11.6 Å². The van der Waals surface area contributed by atoms with Crippen LogP contribution in [0.2, 0.25) is 5.02 Å². The molecule has 0 fully saturated rings. The Bertz CT molecular complexity index is 1170. The van der Waals surface area contributed by atoms with Gasteiger partial charge in [-0.25, -0.2) is 4.98 Å². The van der Waals surface area contributed by atoms with E-state index in [4.69, 9.17) is 11.6 Å². The van der Waals surface area contributed by atoms with E-state index in [1.54, 1.807) is 24.3 Å². The van der Waals surface area contributed by atoms with Gasteiger partial charge in [-0.05, 0) is 48.5 Å². The average molecular weight is 393 g/mol. The Labute approximate surface area is 164 Å². The van der Waals surface area contributed by atoms with Gasteiger partial charge in [-0.2, -0.15) is 0 Å². The number of H-pyrrole nitrogens is 1. The van der Waals surface area contributed by atoms with Crippen LogP contribution in [0, 0.1) is 10.1 Å². The average Bonchev–Trinajstić information content (AvgIpc) is 3.12. The van der Waals surface area contributed by atoms with E-state index in [1.165, 1.54) is 18.2 Å². The van der Waals surface area contributed by atoms with Crippen molar-refractivity contribution in [2.75, 3.05) is 5.32 Å². The summed E-state index contributed by atoms with van der Waals surface area (Å²) in [5, 5.41) is 14.0. The van der Waals surface area contributed by atoms with Crippen molar-refractivity contribution in [2.24, 2.45) is 0 Å². The quantitative estimate of drug-likeness (QED) is 0.375. The van der Waals surface area contributed by atoms with Crippen LogP contribution in [0.25, 0.3) is 22.4 Å². The van der Waals surface area contributed by atoms with Crippen molar-refractivity contribution >= 4 is 39.9 Å². The second-order valence-electron chi connectivity index (χ2n) is 6.05. The molecule has 0 saturated heterocycles. The number of fused-ring (bicyclic) bond motifs is 1. The van der Waals surface area contributed by atoms with Crippen LogP contribution in [0.5, 0.6) is 0 Å². The Balaban J connectivity index is 1.57. The number of rotatable bonds is 4. The van der Waals surface area contributed by atoms with Gasteiger partial charge in [0, 0.05) is 22.3 Å². The highest BCUT2D eigenvalue weighted by molar-refractivity contribution is 6.31. The van der Waals surface area contributed by atoms with E-state index in [2.05, 4.69) is 15.3 Å². The fourth-order valence-electron chi connectivity index (χ4n) is 2.85. The van der Waals surface area contributed by atoms with Crippen molar-refractivity contribution in [1.29, 1.82) is 0 Å². The molecule has 0 bridgehead atoms. The summed E-state index contributed by atoms with van der Waals surface area (Å²) in [6.07, 6.45) is 0. The molecule has 0 radical (unpaired) electrons. The number of benzene rings is 3. The smallest absolute Gasteiger partial charge is 0.282 e. The summed E-state index contributed by atoms with van der Waals surface area (Å²) in [6, 6.07) is 18.6. The number of amides is 1. The van der Waals surface area contributed by atoms with E-state index >= 15 is 0 Å². The van der Waals surface area contributed by atoms with E-state index < -0.39 is 10.8 Å². The van der Waals surface area contributed by atoms with Crippen molar-refractivity contribution in [2.45, 2.75) is 0 Å². The van der Waals surface area contributed by atoms with Gasteiger partial charge in [0.1, 0.15) is 11.4 Å². The largest absolute Gasteiger partial charge is 0.338 e. The lowest BCUT2D eigenvalue weighted by Gasteiger charge is -2.07. The zero-order chi connectivity index (χ0) is 19.7. The first-order chi connectivity index (χ1) is 13.5. The van der Waals surface area contributed by atoms with Crippen molar-refractivity contribution in [3.05, 3.63) is 87.4 Å². The molecule has 3 aromatic carbocycles. The summed E-state index contributed by atoms with van der Waals surface area (Å²) in [6.45, 7) is 0. The normalized spacial score (nSPS) is 10.8. The minimum absolute atomic E-state index is 0.0983. The van der Waals surface area contributed by atoms with Gasteiger partial charge in [-0.1, -0.05) is 23.7 Å². The van der Waals surface area contributed by atoms with Gasteiger partial charge < -0.3 is 10.3 Å². The Kier molecular flexibility index (Phi) is 4.50. The molecule has 0 aliphatic rings. The first-order valence-electron chi connectivity index (χ1n) is 8.32. The van der Waals surface area contributed by atoms with Gasteiger partial charge in [0.2, 0.25) is 0 Å². The summed E-state index contributed by atoms with van der Waals surface area (Å²) < 4.78 is 0. The van der Waals surface area contributed by atoms with E-state index in [0.29, 0.717) is 11.5 Å². The highest BCUT2D eigenvalue weighted by Crippen LogP contribution is 2.25. The minimum Gasteiger partial charge on any atom is -0.338 e. The standard InChI is InChI=1S/C20H13ClN4O3/c21-13-7-10-18(25(27)28)15(11-13)20(26)22-14-8-5-12(6-9-14)19-23-16-3-1-2-4-17(16)24-19/h1-11H,(H,22,26)(H,23,24). The number of nitro groups is 1. The Morgan fingerprint density at radius 2 is 1.82 bits per heavy atom. The predicted molar refractivity (Wildman–Crippen MR) is 108 cm³/mol. The number of hydrogen-bond acceptors (Lipinski definition) is 4. The van der Waals surface area contributed by atoms with E-state index in [-0.39, 0.29) is 16.3 Å². The topological polar surface area (TPSA) is 101 Å². The van der Waals surface area contributed by atoms with Crippen molar-refractivity contribution < 1.29 is 9.72 Å². The molecule has 1 aromatic heterocycles. The number of anilines is 1. The molecule has 0 saturated carbocycles. The van der Waals surface area contributed by atoms with Gasteiger partial charge in [-0.3, -0.25) is 14.9 Å². The van der Waals surface area contributed by atoms with Gasteiger partial charge in [0.25, 0.3) is 11.6 Å². The molecular formula is C20H13ClN4O3. The lowest BCUT2D eigenvalue weighted by Crippen LogP contribution is -2.14. The summed E-state index contributed by atoms with van der Waals surface area (Å²) in [7, 11) is 0. The number of nitrogens with one attached hydrogen (secondary N) is 2. The molecule has 1 heterocycles. The highest BCUT2D eigenvalue weighted by atomic mass is 35.5. The zero-order valence-electron chi connectivity index (χ0n) is 14.3. The van der Waals surface area contributed by atoms with Crippen molar-refractivity contribution in [1.82, 2.24) is 9.97 Å². The molecular weight excluding hydrogens is 380 g/mol. The fourth-order valence-corrected chi connectivity index (χ4v) is 3.02. The first-order valence-corrected chi connectivity index (χ1v) is 8.69. The van der Waals surface area contributed by atoms with Crippen molar-refractivity contribution in [3.63, 3.8) is 0 Å². The maximum Gasteiger partial charge on any atom is 0.282 e. The Hall–Kier alpha value is -3.71. The molecule has 0 unspecified atom stereocenters. The second kappa shape index (κ2) is 7.13. The highest BCUT2D eigenvalue weighted by Gasteiger charge is 2.20. The molecule has 0 atom stereocenters. The predicted octanol–water partition coefficient (Wildman–Crippen LogP) is 5.04. The number of hydrogen-bond donors (Lipinski definition) is 2. The van der Waals surface area contributed by atoms with Crippen LogP contribution in [-0.2, 0) is 0 Å². The molecule has 4 rings (SSSR count). The molecule has 8 heteroatoms. The SMILES string of the molecule is O=C(Nc1ccc(-c2nc3ccccc3[nH]2)cc1)c1cc(Cl)ccc1[N+](=O)[O-]. The summed E-state index contributed by atoms with van der Waals surface area (Å²) in [4.78, 5) is 30.8. The summed E-state index contributed by atoms with van der Waals surface area (Å²) >= 11 is 5.88. The Morgan fingerprint density at radius 1 is 1.07 bits per heavy atom. The number of para-hydroxylation sites is 2. The monoisotopic (exact) mass is 392 g/mol. The van der Waals surface area contributed by atoms with Crippen LogP contribution in [0.3, 0.4) is 0 Å². The molecule has 138 valence electrons. The van der Waals surface area contributed by atoms with Crippen LogP contribution in [-0.4, -0.2) is 20.8 Å². The maximum atomic E-state index is 12.5. The van der Waals surface area contributed by atoms with Gasteiger partial charge >= 0.3 is 0 Å². The third-order valence-electron chi connectivity index (χ3n) is 4.21. The number of aromatic amines is 1. The molecule has 7 nitrogen and oxygen atoms in total. The second-order valence-corrected chi connectivity index (χ2v) is 6.49. The van der Waals surface area contributed by atoms with E-state index in [9.17, 15) is 14.9 Å². The number of aromatic nitrogens is 2. The van der Waals surface area contributed by atoms with Gasteiger partial charge in [0.15, 0.2) is 0 Å². The molecule has 28 heavy (non-hydrogen) atoms. The van der Waals surface area contributed by atoms with Crippen LogP contribution < -0.4 is 5.32 Å². The van der Waals surface area contributed by atoms with E-state index in [0.717, 1.165) is 16.6 Å². The molecule has 1 amide bonds. The summed E-state index contributed by atoms with van der Waals surface area (Å²) in [5.74, 6) is 0.107. The molecule has 0 aliphatic carbocycles. The van der Waals surface area contributed by atoms with Crippen molar-refractivity contribution in [3.8, 4) is 11.4 Å². The number of imidazole rings is 1. The zero-order valence-corrected chi connectivity index (χ0v) is 15.1. The lowest BCUT2D eigenvalue weighted by molar-refractivity contribution is -0.385. The van der Waals surface area contributed by atoms with Crippen LogP contribution in [0.1, 0.15) is 10.4 Å². The van der Waals surface area contributed by atoms with Crippen LogP contribution in [0.15, 0.2) is 66.7 Å². The number of nitrogens with zero attached hydrogens (tertiary/aromatic N) is 2. The third-order valence-corrected chi connectivity index (χ3v) is 4.44. The third kappa shape index (κ3) is 3.43. The first kappa shape index (κ1) is 17.7. The minimum atomic E-state index is -0.615. The fraction of sp³-hybridized carbons (Fsp3) is 0. The molecule has 4 aromatic rings. The number of halogens is 1. The van der Waals surface area contributed by atoms with Crippen LogP contribution in [0.4, 0.5) is 11.4 Å². The Morgan fingerprint density at radius 3 is 2.54 bits per heavy atom. The lowest BCUT2D eigenvalue weighted by atomic mass is 10.1. The summed E-state index contributed by atoms with van der Waals surface area (Å²) in [5.41, 5.74) is 2.74. The number of carbonyl (C=O) groups excluding carboxylic acids is 1. The van der Waals surface area contributed by atoms with Gasteiger partial charge in [0.05, 0.1) is 16.0 Å². The maximum absolute atomic E-state index is 12.5.